The van der Waals surface area contributed by atoms with Crippen molar-refractivity contribution in [2.75, 3.05) is 5.32 Å². The predicted octanol–water partition coefficient (Wildman–Crippen LogP) is 4.12. The Hall–Kier alpha value is -1.51. The molecule has 0 radical (unpaired) electrons. The molecule has 1 aliphatic carbocycles. The lowest BCUT2D eigenvalue weighted by Crippen LogP contribution is -2.30. The molecule has 1 aromatic rings. The van der Waals surface area contributed by atoms with Gasteiger partial charge in [0.15, 0.2) is 0 Å². The van der Waals surface area contributed by atoms with E-state index in [1.165, 1.54) is 6.42 Å². The zero-order valence-corrected chi connectivity index (χ0v) is 11.1. The van der Waals surface area contributed by atoms with Crippen LogP contribution in [0.3, 0.4) is 0 Å². The number of aryl methyl sites for hydroxylation is 1. The number of benzene rings is 1. The molecule has 1 aliphatic rings. The van der Waals surface area contributed by atoms with Gasteiger partial charge in [0, 0.05) is 5.69 Å². The zero-order valence-electron chi connectivity index (χ0n) is 11.1. The molecule has 2 unspecified atom stereocenters. The van der Waals surface area contributed by atoms with Crippen molar-refractivity contribution in [3.63, 3.8) is 0 Å². The first-order valence-corrected chi connectivity index (χ1v) is 6.69. The summed E-state index contributed by atoms with van der Waals surface area (Å²) in [5.41, 5.74) is 1.92. The van der Waals surface area contributed by atoms with Gasteiger partial charge in [0.25, 0.3) is 0 Å². The second-order valence-corrected chi connectivity index (χ2v) is 5.20. The van der Waals surface area contributed by atoms with Crippen LogP contribution in [0, 0.1) is 12.8 Å². The zero-order chi connectivity index (χ0) is 13.0. The van der Waals surface area contributed by atoms with Crippen LogP contribution in [0.5, 0.6) is 0 Å². The van der Waals surface area contributed by atoms with Crippen molar-refractivity contribution in [3.05, 3.63) is 29.8 Å². The van der Waals surface area contributed by atoms with E-state index in [2.05, 4.69) is 12.2 Å². The van der Waals surface area contributed by atoms with Crippen molar-refractivity contribution in [1.29, 1.82) is 0 Å². The van der Waals surface area contributed by atoms with E-state index in [1.54, 1.807) is 0 Å². The lowest BCUT2D eigenvalue weighted by atomic mass is 9.88. The monoisotopic (exact) mass is 247 g/mol. The fourth-order valence-corrected chi connectivity index (χ4v) is 2.46. The summed E-state index contributed by atoms with van der Waals surface area (Å²) in [6.07, 6.45) is 4.29. The highest BCUT2D eigenvalue weighted by Crippen LogP contribution is 2.26. The van der Waals surface area contributed by atoms with Crippen LogP contribution in [0.15, 0.2) is 24.3 Å². The minimum atomic E-state index is -0.334. The second kappa shape index (κ2) is 5.89. The molecule has 0 saturated heterocycles. The van der Waals surface area contributed by atoms with Crippen molar-refractivity contribution in [2.45, 2.75) is 45.6 Å². The van der Waals surface area contributed by atoms with Gasteiger partial charge >= 0.3 is 6.09 Å². The fourth-order valence-electron chi connectivity index (χ4n) is 2.46. The molecule has 98 valence electrons. The summed E-state index contributed by atoms with van der Waals surface area (Å²) in [6.45, 7) is 4.16. The molecule has 3 nitrogen and oxygen atoms in total. The Kier molecular flexibility index (Phi) is 4.24. The lowest BCUT2D eigenvalue weighted by Gasteiger charge is -2.28. The normalized spacial score (nSPS) is 23.4. The van der Waals surface area contributed by atoms with Crippen LogP contribution in [0.4, 0.5) is 10.5 Å². The molecule has 2 rings (SSSR count). The molecular weight excluding hydrogens is 226 g/mol. The number of anilines is 1. The number of carbonyl (C=O) groups excluding carboxylic acids is 1. The third kappa shape index (κ3) is 3.49. The minimum Gasteiger partial charge on any atom is -0.446 e. The number of ether oxygens (including phenoxy) is 1. The van der Waals surface area contributed by atoms with Gasteiger partial charge in [-0.2, -0.15) is 0 Å². The number of rotatable bonds is 2. The molecular formula is C15H21NO2. The van der Waals surface area contributed by atoms with E-state index in [0.29, 0.717) is 5.92 Å². The van der Waals surface area contributed by atoms with Gasteiger partial charge < -0.3 is 4.74 Å². The molecule has 0 aromatic heterocycles. The van der Waals surface area contributed by atoms with E-state index < -0.39 is 0 Å². The summed E-state index contributed by atoms with van der Waals surface area (Å²) in [5.74, 6) is 0.474. The Balaban J connectivity index is 1.88. The maximum absolute atomic E-state index is 11.8. The topological polar surface area (TPSA) is 38.3 Å². The Labute approximate surface area is 109 Å². The summed E-state index contributed by atoms with van der Waals surface area (Å²) in [6, 6.07) is 7.73. The fraction of sp³-hybridized carbons (Fsp3) is 0.533. The molecule has 1 saturated carbocycles. The predicted molar refractivity (Wildman–Crippen MR) is 72.7 cm³/mol. The van der Waals surface area contributed by atoms with E-state index in [9.17, 15) is 4.79 Å². The molecule has 0 heterocycles. The largest absolute Gasteiger partial charge is 0.446 e. The first-order chi connectivity index (χ1) is 8.65. The molecule has 18 heavy (non-hydrogen) atoms. The van der Waals surface area contributed by atoms with Crippen LogP contribution < -0.4 is 5.32 Å². The first-order valence-electron chi connectivity index (χ1n) is 6.69. The Morgan fingerprint density at radius 2 is 2.11 bits per heavy atom. The molecule has 1 N–H and O–H groups in total. The highest BCUT2D eigenvalue weighted by Gasteiger charge is 2.24. The van der Waals surface area contributed by atoms with E-state index in [0.717, 1.165) is 30.5 Å². The van der Waals surface area contributed by atoms with Gasteiger partial charge in [-0.15, -0.1) is 0 Å². The molecule has 0 aliphatic heterocycles. The van der Waals surface area contributed by atoms with Crippen molar-refractivity contribution in [2.24, 2.45) is 5.92 Å². The van der Waals surface area contributed by atoms with Gasteiger partial charge in [-0.1, -0.05) is 25.5 Å². The molecule has 0 bridgehead atoms. The number of amides is 1. The smallest absolute Gasteiger partial charge is 0.411 e. The number of carbonyl (C=O) groups is 1. The Morgan fingerprint density at radius 3 is 2.83 bits per heavy atom. The summed E-state index contributed by atoms with van der Waals surface area (Å²) >= 11 is 0. The van der Waals surface area contributed by atoms with Gasteiger partial charge in [-0.3, -0.25) is 5.32 Å². The minimum absolute atomic E-state index is 0.0727. The van der Waals surface area contributed by atoms with Gasteiger partial charge in [0.1, 0.15) is 6.10 Å². The molecule has 2 atom stereocenters. The van der Waals surface area contributed by atoms with Crippen LogP contribution in [-0.2, 0) is 4.74 Å². The lowest BCUT2D eigenvalue weighted by molar-refractivity contribution is 0.0524. The van der Waals surface area contributed by atoms with Crippen molar-refractivity contribution in [1.82, 2.24) is 0 Å². The highest BCUT2D eigenvalue weighted by molar-refractivity contribution is 5.84. The number of nitrogens with one attached hydrogen (secondary N) is 1. The number of hydrogen-bond acceptors (Lipinski definition) is 2. The average molecular weight is 247 g/mol. The molecule has 1 aromatic carbocycles. The van der Waals surface area contributed by atoms with Crippen molar-refractivity contribution >= 4 is 11.8 Å². The van der Waals surface area contributed by atoms with Crippen molar-refractivity contribution < 1.29 is 9.53 Å². The summed E-state index contributed by atoms with van der Waals surface area (Å²) in [4.78, 5) is 11.8. The van der Waals surface area contributed by atoms with Gasteiger partial charge in [0.2, 0.25) is 0 Å². The molecule has 1 amide bonds. The first kappa shape index (κ1) is 12.9. The molecule has 1 fully saturated rings. The van der Waals surface area contributed by atoms with Crippen LogP contribution in [-0.4, -0.2) is 12.2 Å². The SMILES string of the molecule is Cc1cccc(NC(=O)OC2CCCCC2C)c1. The molecule has 3 heteroatoms. The third-order valence-corrected chi connectivity index (χ3v) is 3.56. The number of hydrogen-bond donors (Lipinski definition) is 1. The van der Waals surface area contributed by atoms with E-state index >= 15 is 0 Å². The maximum Gasteiger partial charge on any atom is 0.411 e. The summed E-state index contributed by atoms with van der Waals surface area (Å²) < 4.78 is 5.50. The van der Waals surface area contributed by atoms with Crippen LogP contribution >= 0.6 is 0 Å². The van der Waals surface area contributed by atoms with Gasteiger partial charge in [0.05, 0.1) is 0 Å². The van der Waals surface area contributed by atoms with Crippen LogP contribution in [0.1, 0.15) is 38.2 Å². The quantitative estimate of drug-likeness (QED) is 0.853. The average Bonchev–Trinajstić information content (AvgIpc) is 2.32. The summed E-state index contributed by atoms with van der Waals surface area (Å²) in [7, 11) is 0. The third-order valence-electron chi connectivity index (χ3n) is 3.56. The van der Waals surface area contributed by atoms with E-state index in [-0.39, 0.29) is 12.2 Å². The highest BCUT2D eigenvalue weighted by atomic mass is 16.6. The Bertz CT molecular complexity index is 417. The van der Waals surface area contributed by atoms with E-state index in [4.69, 9.17) is 4.74 Å². The van der Waals surface area contributed by atoms with Gasteiger partial charge in [-0.05, 0) is 49.8 Å². The second-order valence-electron chi connectivity index (χ2n) is 5.20. The van der Waals surface area contributed by atoms with Gasteiger partial charge in [-0.25, -0.2) is 4.79 Å². The standard InChI is InChI=1S/C15H21NO2/c1-11-6-5-8-13(10-11)16-15(17)18-14-9-4-3-7-12(14)2/h5-6,8,10,12,14H,3-4,7,9H2,1-2H3,(H,16,17). The molecule has 0 spiro atoms. The van der Waals surface area contributed by atoms with Crippen LogP contribution in [0.25, 0.3) is 0 Å². The Morgan fingerprint density at radius 1 is 1.33 bits per heavy atom. The maximum atomic E-state index is 11.8. The summed E-state index contributed by atoms with van der Waals surface area (Å²) in [5, 5.41) is 2.79. The van der Waals surface area contributed by atoms with Crippen LogP contribution in [0.2, 0.25) is 0 Å². The van der Waals surface area contributed by atoms with E-state index in [1.807, 2.05) is 31.2 Å². The van der Waals surface area contributed by atoms with Crippen molar-refractivity contribution in [3.8, 4) is 0 Å².